The molecule has 1 aromatic carbocycles. The summed E-state index contributed by atoms with van der Waals surface area (Å²) in [5.41, 5.74) is 2.05. The Morgan fingerprint density at radius 3 is 2.69 bits per heavy atom. The number of rotatable bonds is 6. The lowest BCUT2D eigenvalue weighted by atomic mass is 10.0. The zero-order valence-corrected chi connectivity index (χ0v) is 18.5. The van der Waals surface area contributed by atoms with Crippen LogP contribution in [0.25, 0.3) is 10.4 Å². The van der Waals surface area contributed by atoms with Crippen molar-refractivity contribution in [1.82, 2.24) is 0 Å². The first-order chi connectivity index (χ1) is 12.4. The highest BCUT2D eigenvalue weighted by Crippen LogP contribution is 2.60. The third-order valence-corrected chi connectivity index (χ3v) is 6.47. The molecule has 3 rings (SSSR count). The maximum atomic E-state index is 13.7. The summed E-state index contributed by atoms with van der Waals surface area (Å²) in [6.07, 6.45) is 1.98. The van der Waals surface area contributed by atoms with Gasteiger partial charge in [0.25, 0.3) is 0 Å². The third-order valence-electron chi connectivity index (χ3n) is 5.03. The van der Waals surface area contributed by atoms with Crippen molar-refractivity contribution in [3.8, 4) is 10.4 Å². The normalized spacial score (nSPS) is 20.5. The molecule has 0 amide bonds. The molecule has 2 atom stereocenters. The van der Waals surface area contributed by atoms with Crippen LogP contribution in [-0.4, -0.2) is 5.97 Å². The summed E-state index contributed by atoms with van der Waals surface area (Å²) in [5.74, 6) is -0.285. The number of carbonyl (C=O) groups is 1. The molecule has 0 aliphatic heterocycles. The predicted molar refractivity (Wildman–Crippen MR) is 111 cm³/mol. The molecule has 138 valence electrons. The summed E-state index contributed by atoms with van der Waals surface area (Å²) in [5, 5.41) is 1.97. The highest BCUT2D eigenvalue weighted by Gasteiger charge is 2.61. The Morgan fingerprint density at radius 1 is 1.31 bits per heavy atom. The van der Waals surface area contributed by atoms with Crippen molar-refractivity contribution in [3.63, 3.8) is 0 Å². The molecule has 1 aliphatic carbocycles. The number of thiophene rings is 1. The van der Waals surface area contributed by atoms with E-state index >= 15 is 0 Å². The lowest BCUT2D eigenvalue weighted by Gasteiger charge is -2.12. The Labute approximate surface area is 173 Å². The largest absolute Gasteiger partial charge is 0.461 e. The van der Waals surface area contributed by atoms with Crippen molar-refractivity contribution in [1.29, 1.82) is 0 Å². The first kappa shape index (κ1) is 19.8. The summed E-state index contributed by atoms with van der Waals surface area (Å²) < 4.78 is 20.1. The van der Waals surface area contributed by atoms with E-state index in [0.29, 0.717) is 5.56 Å². The van der Waals surface area contributed by atoms with Crippen LogP contribution in [0.3, 0.4) is 0 Å². The monoisotopic (exact) mass is 500 g/mol. The fourth-order valence-electron chi connectivity index (χ4n) is 3.40. The van der Waals surface area contributed by atoms with Gasteiger partial charge in [-0.3, -0.25) is 4.79 Å². The van der Waals surface area contributed by atoms with Crippen molar-refractivity contribution < 1.29 is 13.9 Å². The number of esters is 1. The minimum Gasteiger partial charge on any atom is -0.461 e. The van der Waals surface area contributed by atoms with E-state index in [9.17, 15) is 9.18 Å². The number of allylic oxidation sites excluding steroid dienone is 1. The van der Waals surface area contributed by atoms with Gasteiger partial charge in [0, 0.05) is 4.88 Å². The third kappa shape index (κ3) is 3.97. The Balaban J connectivity index is 1.74. The summed E-state index contributed by atoms with van der Waals surface area (Å²) >= 11 is 8.27. The fraction of sp³-hybridized carbons (Fsp3) is 0.350. The van der Waals surface area contributed by atoms with Crippen molar-refractivity contribution in [2.45, 2.75) is 27.1 Å². The molecule has 1 saturated carbocycles. The van der Waals surface area contributed by atoms with Crippen LogP contribution in [0.2, 0.25) is 0 Å². The van der Waals surface area contributed by atoms with Gasteiger partial charge in [0.15, 0.2) is 0 Å². The molecule has 2 aromatic rings. The number of alkyl halides is 1. The van der Waals surface area contributed by atoms with Crippen LogP contribution in [0.1, 0.15) is 25.0 Å². The maximum absolute atomic E-state index is 13.7. The number of halogens is 3. The van der Waals surface area contributed by atoms with Gasteiger partial charge in [-0.25, -0.2) is 4.39 Å². The molecule has 1 aromatic heterocycles. The molecule has 0 radical (unpaired) electrons. The summed E-state index contributed by atoms with van der Waals surface area (Å²) in [6, 6.07) is 9.52. The number of hydrogen-bond donors (Lipinski definition) is 0. The molecule has 0 saturated heterocycles. The van der Waals surface area contributed by atoms with E-state index in [2.05, 4.69) is 31.9 Å². The lowest BCUT2D eigenvalue weighted by molar-refractivity contribution is -0.147. The lowest BCUT2D eigenvalue weighted by Crippen LogP contribution is -2.11. The van der Waals surface area contributed by atoms with Gasteiger partial charge in [-0.15, -0.1) is 11.3 Å². The SMILES string of the molecule is CC1(C)C(C=C(Br)Br)C1C(=O)OCc1cccc(-c2cccs2)c1CF. The molecule has 2 nitrogen and oxygen atoms in total. The number of carbonyl (C=O) groups excluding carboxylic acids is 1. The van der Waals surface area contributed by atoms with Crippen molar-refractivity contribution in [2.24, 2.45) is 17.3 Å². The molecule has 26 heavy (non-hydrogen) atoms. The van der Waals surface area contributed by atoms with Crippen LogP contribution in [0, 0.1) is 17.3 Å². The van der Waals surface area contributed by atoms with Crippen molar-refractivity contribution >= 4 is 49.2 Å². The zero-order valence-electron chi connectivity index (χ0n) is 14.5. The van der Waals surface area contributed by atoms with Crippen LogP contribution in [0.15, 0.2) is 45.2 Å². The van der Waals surface area contributed by atoms with Crippen molar-refractivity contribution in [3.05, 3.63) is 56.3 Å². The number of hydrogen-bond acceptors (Lipinski definition) is 3. The summed E-state index contributed by atoms with van der Waals surface area (Å²) in [7, 11) is 0. The molecule has 6 heteroatoms. The standard InChI is InChI=1S/C20H19Br2FO2S/c1-20(2)15(9-17(21)22)18(20)19(24)25-11-12-5-3-6-13(14(12)10-23)16-7-4-8-26-16/h3-9,15,18H,10-11H2,1-2H3. The van der Waals surface area contributed by atoms with Crippen LogP contribution < -0.4 is 0 Å². The van der Waals surface area contributed by atoms with E-state index in [1.54, 1.807) is 11.3 Å². The molecule has 1 heterocycles. The van der Waals surface area contributed by atoms with Gasteiger partial charge in [0.05, 0.1) is 9.31 Å². The first-order valence-corrected chi connectivity index (χ1v) is 10.7. The summed E-state index contributed by atoms with van der Waals surface area (Å²) in [4.78, 5) is 13.5. The molecule has 0 bridgehead atoms. The minimum absolute atomic E-state index is 0.0931. The van der Waals surface area contributed by atoms with E-state index < -0.39 is 6.67 Å². The van der Waals surface area contributed by atoms with Gasteiger partial charge >= 0.3 is 5.97 Å². The van der Waals surface area contributed by atoms with E-state index in [-0.39, 0.29) is 29.8 Å². The Bertz CT molecular complexity index is 826. The molecule has 2 unspecified atom stereocenters. The quantitative estimate of drug-likeness (QED) is 0.405. The van der Waals surface area contributed by atoms with Crippen LogP contribution in [-0.2, 0) is 22.8 Å². The number of benzene rings is 1. The Kier molecular flexibility index (Phi) is 6.04. The Morgan fingerprint density at radius 2 is 2.08 bits per heavy atom. The second-order valence-electron chi connectivity index (χ2n) is 6.94. The highest BCUT2D eigenvalue weighted by molar-refractivity contribution is 9.28. The Hall–Kier alpha value is -0.980. The average Bonchev–Trinajstić information content (AvgIpc) is 2.96. The van der Waals surface area contributed by atoms with Gasteiger partial charge in [-0.05, 0) is 71.3 Å². The van der Waals surface area contributed by atoms with Crippen LogP contribution >= 0.6 is 43.2 Å². The second-order valence-corrected chi connectivity index (χ2v) is 10.7. The molecular formula is C20H19Br2FO2S. The molecule has 1 aliphatic rings. The topological polar surface area (TPSA) is 26.3 Å². The van der Waals surface area contributed by atoms with Crippen LogP contribution in [0.4, 0.5) is 4.39 Å². The zero-order chi connectivity index (χ0) is 18.9. The highest BCUT2D eigenvalue weighted by atomic mass is 79.9. The van der Waals surface area contributed by atoms with E-state index in [1.807, 2.05) is 55.6 Å². The second kappa shape index (κ2) is 7.95. The fourth-order valence-corrected chi connectivity index (χ4v) is 4.75. The number of ether oxygens (including phenoxy) is 1. The van der Waals surface area contributed by atoms with Gasteiger partial charge in [0.2, 0.25) is 0 Å². The van der Waals surface area contributed by atoms with Gasteiger partial charge in [-0.1, -0.05) is 44.2 Å². The maximum Gasteiger partial charge on any atom is 0.310 e. The van der Waals surface area contributed by atoms with Crippen molar-refractivity contribution in [2.75, 3.05) is 0 Å². The predicted octanol–water partition coefficient (Wildman–Crippen LogP) is 6.83. The molecular weight excluding hydrogens is 483 g/mol. The summed E-state index contributed by atoms with van der Waals surface area (Å²) in [6.45, 7) is 3.61. The minimum atomic E-state index is -0.586. The smallest absolute Gasteiger partial charge is 0.310 e. The van der Waals surface area contributed by atoms with Gasteiger partial charge in [0.1, 0.15) is 13.3 Å². The molecule has 0 N–H and O–H groups in total. The van der Waals surface area contributed by atoms with Gasteiger partial charge in [-0.2, -0.15) is 0 Å². The van der Waals surface area contributed by atoms with E-state index in [0.717, 1.165) is 19.4 Å². The average molecular weight is 502 g/mol. The van der Waals surface area contributed by atoms with Gasteiger partial charge < -0.3 is 4.74 Å². The van der Waals surface area contributed by atoms with Crippen LogP contribution in [0.5, 0.6) is 0 Å². The first-order valence-electron chi connectivity index (χ1n) is 8.26. The van der Waals surface area contributed by atoms with E-state index in [1.165, 1.54) is 0 Å². The molecule has 1 fully saturated rings. The van der Waals surface area contributed by atoms with E-state index in [4.69, 9.17) is 4.74 Å². The molecule has 0 spiro atoms.